The lowest BCUT2D eigenvalue weighted by Gasteiger charge is -2.20. The number of rotatable bonds is 7. The summed E-state index contributed by atoms with van der Waals surface area (Å²) in [7, 11) is 0. The van der Waals surface area contributed by atoms with E-state index in [9.17, 15) is 0 Å². The molecule has 0 aliphatic heterocycles. The van der Waals surface area contributed by atoms with Crippen molar-refractivity contribution in [2.24, 2.45) is 17.6 Å². The van der Waals surface area contributed by atoms with Gasteiger partial charge in [-0.15, -0.1) is 0 Å². The fourth-order valence-corrected chi connectivity index (χ4v) is 2.59. The van der Waals surface area contributed by atoms with Crippen molar-refractivity contribution in [3.8, 4) is 0 Å². The van der Waals surface area contributed by atoms with Crippen molar-refractivity contribution in [3.05, 3.63) is 35.4 Å². The van der Waals surface area contributed by atoms with E-state index < -0.39 is 0 Å². The second-order valence-electron chi connectivity index (χ2n) is 5.36. The molecule has 0 bridgehead atoms. The summed E-state index contributed by atoms with van der Waals surface area (Å²) in [5.74, 6) is 1.44. The van der Waals surface area contributed by atoms with Gasteiger partial charge in [-0.2, -0.15) is 0 Å². The van der Waals surface area contributed by atoms with Gasteiger partial charge in [0.2, 0.25) is 0 Å². The minimum atomic E-state index is 0.637. The molecule has 0 saturated heterocycles. The molecule has 0 saturated carbocycles. The highest BCUT2D eigenvalue weighted by molar-refractivity contribution is 5.25. The lowest BCUT2D eigenvalue weighted by atomic mass is 9.87. The van der Waals surface area contributed by atoms with E-state index in [0.29, 0.717) is 5.92 Å². The molecule has 1 heteroatoms. The summed E-state index contributed by atoms with van der Waals surface area (Å²) in [5, 5.41) is 0. The summed E-state index contributed by atoms with van der Waals surface area (Å²) in [6.45, 7) is 7.61. The highest BCUT2D eigenvalue weighted by atomic mass is 14.5. The maximum absolute atomic E-state index is 5.92. The maximum Gasteiger partial charge on any atom is -0.00456 e. The van der Waals surface area contributed by atoms with Crippen molar-refractivity contribution in [2.45, 2.75) is 46.5 Å². The summed E-state index contributed by atoms with van der Waals surface area (Å²) < 4.78 is 0. The smallest absolute Gasteiger partial charge is 0.00456 e. The van der Waals surface area contributed by atoms with Crippen LogP contribution in [0.25, 0.3) is 0 Å². The van der Waals surface area contributed by atoms with E-state index in [0.717, 1.165) is 18.9 Å². The molecule has 17 heavy (non-hydrogen) atoms. The van der Waals surface area contributed by atoms with Gasteiger partial charge in [-0.05, 0) is 49.3 Å². The van der Waals surface area contributed by atoms with Crippen molar-refractivity contribution < 1.29 is 0 Å². The van der Waals surface area contributed by atoms with Crippen molar-refractivity contribution in [2.75, 3.05) is 6.54 Å². The molecular formula is C16H27N. The Morgan fingerprint density at radius 3 is 2.53 bits per heavy atom. The number of hydrogen-bond acceptors (Lipinski definition) is 1. The summed E-state index contributed by atoms with van der Waals surface area (Å²) in [4.78, 5) is 0. The van der Waals surface area contributed by atoms with Gasteiger partial charge in [-0.3, -0.25) is 0 Å². The Labute approximate surface area is 106 Å². The summed E-state index contributed by atoms with van der Waals surface area (Å²) in [6, 6.07) is 8.67. The third-order valence-corrected chi connectivity index (χ3v) is 3.62. The van der Waals surface area contributed by atoms with Crippen molar-refractivity contribution >= 4 is 0 Å². The zero-order chi connectivity index (χ0) is 12.7. The highest BCUT2D eigenvalue weighted by Crippen LogP contribution is 2.21. The van der Waals surface area contributed by atoms with Gasteiger partial charge < -0.3 is 5.73 Å². The van der Waals surface area contributed by atoms with E-state index in [1.54, 1.807) is 0 Å². The maximum atomic E-state index is 5.92. The first-order valence-electron chi connectivity index (χ1n) is 6.91. The molecule has 1 nitrogen and oxygen atoms in total. The van der Waals surface area contributed by atoms with Gasteiger partial charge in [0, 0.05) is 0 Å². The van der Waals surface area contributed by atoms with Crippen LogP contribution in [0.3, 0.4) is 0 Å². The monoisotopic (exact) mass is 233 g/mol. The van der Waals surface area contributed by atoms with Crippen LogP contribution in [0, 0.1) is 18.8 Å². The van der Waals surface area contributed by atoms with Crippen LogP contribution in [0.5, 0.6) is 0 Å². The lowest BCUT2D eigenvalue weighted by molar-refractivity contribution is 0.374. The Morgan fingerprint density at radius 2 is 1.94 bits per heavy atom. The second-order valence-corrected chi connectivity index (χ2v) is 5.36. The summed E-state index contributed by atoms with van der Waals surface area (Å²) in [5.41, 5.74) is 8.78. The molecule has 0 aromatic heterocycles. The van der Waals surface area contributed by atoms with Gasteiger partial charge >= 0.3 is 0 Å². The van der Waals surface area contributed by atoms with Crippen molar-refractivity contribution in [3.63, 3.8) is 0 Å². The normalized spacial score (nSPS) is 14.6. The quantitative estimate of drug-likeness (QED) is 0.758. The lowest BCUT2D eigenvalue weighted by Crippen LogP contribution is -2.20. The fraction of sp³-hybridized carbons (Fsp3) is 0.625. The molecule has 0 spiro atoms. The fourth-order valence-electron chi connectivity index (χ4n) is 2.59. The topological polar surface area (TPSA) is 26.0 Å². The largest absolute Gasteiger partial charge is 0.330 e. The second kappa shape index (κ2) is 7.50. The van der Waals surface area contributed by atoms with Gasteiger partial charge in [-0.25, -0.2) is 0 Å². The van der Waals surface area contributed by atoms with E-state index >= 15 is 0 Å². The minimum Gasteiger partial charge on any atom is -0.330 e. The molecule has 96 valence electrons. The molecule has 1 rings (SSSR count). The van der Waals surface area contributed by atoms with Crippen molar-refractivity contribution in [1.82, 2.24) is 0 Å². The predicted molar refractivity (Wildman–Crippen MR) is 76.1 cm³/mol. The van der Waals surface area contributed by atoms with Crippen LogP contribution in [0.15, 0.2) is 24.3 Å². The Bertz CT molecular complexity index is 319. The Hall–Kier alpha value is -0.820. The molecule has 2 unspecified atom stereocenters. The Kier molecular flexibility index (Phi) is 6.28. The van der Waals surface area contributed by atoms with Gasteiger partial charge in [0.1, 0.15) is 0 Å². The van der Waals surface area contributed by atoms with E-state index in [1.807, 2.05) is 0 Å². The van der Waals surface area contributed by atoms with Crippen LogP contribution in [0.2, 0.25) is 0 Å². The van der Waals surface area contributed by atoms with Crippen LogP contribution < -0.4 is 5.73 Å². The molecule has 2 atom stereocenters. The average Bonchev–Trinajstić information content (AvgIpc) is 2.31. The number of hydrogen-bond donors (Lipinski definition) is 1. The van der Waals surface area contributed by atoms with Crippen LogP contribution in [0.1, 0.15) is 44.2 Å². The number of nitrogens with two attached hydrogens (primary N) is 1. The molecule has 1 aromatic carbocycles. The first-order chi connectivity index (χ1) is 8.17. The molecular weight excluding hydrogens is 206 g/mol. The van der Waals surface area contributed by atoms with E-state index in [2.05, 4.69) is 45.0 Å². The first kappa shape index (κ1) is 14.2. The Balaban J connectivity index is 2.55. The molecule has 0 fully saturated rings. The highest BCUT2D eigenvalue weighted by Gasteiger charge is 2.13. The zero-order valence-corrected chi connectivity index (χ0v) is 11.6. The molecule has 0 aliphatic carbocycles. The Morgan fingerprint density at radius 1 is 1.24 bits per heavy atom. The third-order valence-electron chi connectivity index (χ3n) is 3.62. The molecule has 2 N–H and O–H groups in total. The first-order valence-corrected chi connectivity index (χ1v) is 6.91. The molecule has 0 radical (unpaired) electrons. The third kappa shape index (κ3) is 4.91. The SMILES string of the molecule is CCCC(C)CC(CN)Cc1ccccc1C. The van der Waals surface area contributed by atoms with Gasteiger partial charge in [0.25, 0.3) is 0 Å². The van der Waals surface area contributed by atoms with E-state index in [4.69, 9.17) is 5.73 Å². The van der Waals surface area contributed by atoms with Gasteiger partial charge in [-0.1, -0.05) is 51.0 Å². The predicted octanol–water partition coefficient (Wildman–Crippen LogP) is 3.94. The number of benzene rings is 1. The molecule has 1 aromatic rings. The number of aryl methyl sites for hydroxylation is 1. The van der Waals surface area contributed by atoms with Crippen molar-refractivity contribution in [1.29, 1.82) is 0 Å². The molecule has 0 heterocycles. The van der Waals surface area contributed by atoms with Gasteiger partial charge in [0.05, 0.1) is 0 Å². The van der Waals surface area contributed by atoms with E-state index in [-0.39, 0.29) is 0 Å². The summed E-state index contributed by atoms with van der Waals surface area (Å²) >= 11 is 0. The average molecular weight is 233 g/mol. The van der Waals surface area contributed by atoms with E-state index in [1.165, 1.54) is 30.4 Å². The van der Waals surface area contributed by atoms with Crippen LogP contribution in [-0.2, 0) is 6.42 Å². The zero-order valence-electron chi connectivity index (χ0n) is 11.6. The summed E-state index contributed by atoms with van der Waals surface area (Å²) in [6.07, 6.45) is 5.00. The minimum absolute atomic E-state index is 0.637. The van der Waals surface area contributed by atoms with Crippen LogP contribution >= 0.6 is 0 Å². The van der Waals surface area contributed by atoms with Gasteiger partial charge in [0.15, 0.2) is 0 Å². The van der Waals surface area contributed by atoms with Crippen LogP contribution in [0.4, 0.5) is 0 Å². The standard InChI is InChI=1S/C16H27N/c1-4-7-13(2)10-15(12-17)11-16-9-6-5-8-14(16)3/h5-6,8-9,13,15H,4,7,10-12,17H2,1-3H3. The molecule has 0 amide bonds. The molecule has 0 aliphatic rings. The van der Waals surface area contributed by atoms with Crippen LogP contribution in [-0.4, -0.2) is 6.54 Å².